The van der Waals surface area contributed by atoms with Gasteiger partial charge >= 0.3 is 0 Å². The summed E-state index contributed by atoms with van der Waals surface area (Å²) in [5.74, 6) is 0. The summed E-state index contributed by atoms with van der Waals surface area (Å²) in [5, 5.41) is 3.79. The van der Waals surface area contributed by atoms with Gasteiger partial charge in [0.05, 0.1) is 22.8 Å². The molecule has 3 heterocycles. The molecule has 0 radical (unpaired) electrons. The fraction of sp³-hybridized carbons (Fsp3) is 0.500. The fourth-order valence-corrected chi connectivity index (χ4v) is 4.19. The number of piperidine rings is 2. The molecular weight excluding hydrogens is 258 g/mol. The molecule has 1 N–H and O–H groups in total. The molecule has 0 saturated carbocycles. The topological polar surface area (TPSA) is 27.6 Å². The smallest absolute Gasteiger partial charge is 0.0870 e. The lowest BCUT2D eigenvalue weighted by molar-refractivity contribution is 0.220. The van der Waals surface area contributed by atoms with Crippen molar-refractivity contribution in [3.63, 3.8) is 0 Å². The Hall–Kier alpha value is -1.61. The standard InChI is InChI=1S/C18H23N3/c1-12-13(2)21(18-9-4-3-8-17(18)19-12)16-10-14-6-5-7-15(11-16)20-14/h3-4,8-9,14-16,20H,2,5-7,10-11H2,1H3. The third kappa shape index (κ3) is 2.20. The van der Waals surface area contributed by atoms with Crippen molar-refractivity contribution in [1.29, 1.82) is 0 Å². The molecule has 1 aromatic carbocycles. The summed E-state index contributed by atoms with van der Waals surface area (Å²) in [7, 11) is 0. The monoisotopic (exact) mass is 281 g/mol. The number of nitrogens with one attached hydrogen (secondary N) is 1. The molecule has 3 aliphatic heterocycles. The molecule has 1 aromatic rings. The van der Waals surface area contributed by atoms with Crippen LogP contribution >= 0.6 is 0 Å². The van der Waals surface area contributed by atoms with Gasteiger partial charge in [0.15, 0.2) is 0 Å². The zero-order chi connectivity index (χ0) is 14.4. The molecular formula is C18H23N3. The highest BCUT2D eigenvalue weighted by molar-refractivity contribution is 6.06. The maximum atomic E-state index is 4.70. The van der Waals surface area contributed by atoms with E-state index in [9.17, 15) is 0 Å². The largest absolute Gasteiger partial charge is 0.335 e. The summed E-state index contributed by atoms with van der Waals surface area (Å²) < 4.78 is 0. The summed E-state index contributed by atoms with van der Waals surface area (Å²) in [6.45, 7) is 6.40. The summed E-state index contributed by atoms with van der Waals surface area (Å²) in [6, 6.07) is 10.4. The van der Waals surface area contributed by atoms with Gasteiger partial charge in [0, 0.05) is 18.1 Å². The van der Waals surface area contributed by atoms with Crippen molar-refractivity contribution in [2.45, 2.75) is 57.2 Å². The van der Waals surface area contributed by atoms with Gasteiger partial charge in [-0.3, -0.25) is 0 Å². The van der Waals surface area contributed by atoms with Gasteiger partial charge in [-0.15, -0.1) is 0 Å². The molecule has 2 fully saturated rings. The van der Waals surface area contributed by atoms with Crippen LogP contribution in [0.5, 0.6) is 0 Å². The van der Waals surface area contributed by atoms with E-state index >= 15 is 0 Å². The van der Waals surface area contributed by atoms with Crippen molar-refractivity contribution >= 4 is 17.1 Å². The van der Waals surface area contributed by atoms with Gasteiger partial charge in [-0.1, -0.05) is 25.1 Å². The first-order valence-corrected chi connectivity index (χ1v) is 8.11. The molecule has 3 aliphatic rings. The summed E-state index contributed by atoms with van der Waals surface area (Å²) in [5.41, 5.74) is 4.46. The molecule has 2 atom stereocenters. The zero-order valence-corrected chi connectivity index (χ0v) is 12.7. The predicted molar refractivity (Wildman–Crippen MR) is 88.4 cm³/mol. The molecule has 0 amide bonds. The first-order chi connectivity index (χ1) is 10.2. The van der Waals surface area contributed by atoms with E-state index < -0.39 is 0 Å². The Morgan fingerprint density at radius 2 is 1.90 bits per heavy atom. The Morgan fingerprint density at radius 3 is 2.67 bits per heavy atom. The van der Waals surface area contributed by atoms with Crippen LogP contribution in [-0.2, 0) is 0 Å². The Morgan fingerprint density at radius 1 is 1.19 bits per heavy atom. The highest BCUT2D eigenvalue weighted by Gasteiger charge is 2.36. The van der Waals surface area contributed by atoms with Crippen molar-refractivity contribution in [3.05, 3.63) is 36.5 Å². The fourth-order valence-electron chi connectivity index (χ4n) is 4.19. The number of para-hydroxylation sites is 2. The maximum Gasteiger partial charge on any atom is 0.0870 e. The van der Waals surface area contributed by atoms with Gasteiger partial charge in [0.1, 0.15) is 0 Å². The normalized spacial score (nSPS) is 31.7. The molecule has 2 bridgehead atoms. The van der Waals surface area contributed by atoms with Crippen molar-refractivity contribution < 1.29 is 0 Å². The van der Waals surface area contributed by atoms with Crippen LogP contribution in [0.1, 0.15) is 39.0 Å². The lowest BCUT2D eigenvalue weighted by Gasteiger charge is -2.46. The van der Waals surface area contributed by atoms with Crippen molar-refractivity contribution in [2.24, 2.45) is 4.99 Å². The van der Waals surface area contributed by atoms with E-state index in [-0.39, 0.29) is 0 Å². The lowest BCUT2D eigenvalue weighted by Crippen LogP contribution is -2.55. The predicted octanol–water partition coefficient (Wildman–Crippen LogP) is 3.79. The van der Waals surface area contributed by atoms with Crippen LogP contribution in [0, 0.1) is 0 Å². The molecule has 3 nitrogen and oxygen atoms in total. The highest BCUT2D eigenvalue weighted by atomic mass is 15.2. The Balaban J connectivity index is 1.70. The van der Waals surface area contributed by atoms with Crippen LogP contribution in [0.2, 0.25) is 0 Å². The van der Waals surface area contributed by atoms with Gasteiger partial charge in [-0.05, 0) is 44.7 Å². The van der Waals surface area contributed by atoms with E-state index in [0.29, 0.717) is 18.1 Å². The van der Waals surface area contributed by atoms with Gasteiger partial charge in [0.2, 0.25) is 0 Å². The molecule has 110 valence electrons. The molecule has 0 aromatic heterocycles. The van der Waals surface area contributed by atoms with Crippen LogP contribution in [0.15, 0.2) is 41.5 Å². The summed E-state index contributed by atoms with van der Waals surface area (Å²) in [6.07, 6.45) is 6.46. The Labute approximate surface area is 126 Å². The van der Waals surface area contributed by atoms with Crippen LogP contribution < -0.4 is 10.2 Å². The second-order valence-electron chi connectivity index (χ2n) is 6.62. The van der Waals surface area contributed by atoms with Crippen molar-refractivity contribution in [1.82, 2.24) is 5.32 Å². The maximum absolute atomic E-state index is 4.70. The Bertz CT molecular complexity index is 592. The number of anilines is 1. The summed E-state index contributed by atoms with van der Waals surface area (Å²) >= 11 is 0. The third-order valence-electron chi connectivity index (χ3n) is 5.19. The lowest BCUT2D eigenvalue weighted by atomic mass is 9.82. The molecule has 3 heteroatoms. The summed E-state index contributed by atoms with van der Waals surface area (Å²) in [4.78, 5) is 7.17. The van der Waals surface area contributed by atoms with Crippen molar-refractivity contribution in [3.8, 4) is 0 Å². The second kappa shape index (κ2) is 4.99. The number of rotatable bonds is 1. The van der Waals surface area contributed by atoms with E-state index in [1.54, 1.807) is 0 Å². The zero-order valence-electron chi connectivity index (χ0n) is 12.7. The van der Waals surface area contributed by atoms with Crippen LogP contribution in [0.25, 0.3) is 0 Å². The first-order valence-electron chi connectivity index (χ1n) is 8.11. The Kier molecular flexibility index (Phi) is 3.11. The SMILES string of the molecule is C=C1C(C)=Nc2ccccc2N1C1CC2CCCC(C1)N2. The number of aliphatic imine (C=N–C) groups is 1. The van der Waals surface area contributed by atoms with Crippen molar-refractivity contribution in [2.75, 3.05) is 4.90 Å². The minimum Gasteiger partial charge on any atom is -0.335 e. The van der Waals surface area contributed by atoms with Crippen LogP contribution in [0.4, 0.5) is 11.4 Å². The highest BCUT2D eigenvalue weighted by Crippen LogP contribution is 2.40. The van der Waals surface area contributed by atoms with Gasteiger partial charge in [-0.2, -0.15) is 0 Å². The molecule has 2 unspecified atom stereocenters. The number of nitrogens with zero attached hydrogens (tertiary/aromatic N) is 2. The molecule has 2 saturated heterocycles. The molecule has 21 heavy (non-hydrogen) atoms. The van der Waals surface area contributed by atoms with E-state index in [0.717, 1.165) is 17.1 Å². The number of hydrogen-bond donors (Lipinski definition) is 1. The van der Waals surface area contributed by atoms with Crippen LogP contribution in [-0.4, -0.2) is 23.8 Å². The average Bonchev–Trinajstić information content (AvgIpc) is 2.48. The van der Waals surface area contributed by atoms with E-state index in [1.807, 2.05) is 0 Å². The molecule has 4 rings (SSSR count). The number of allylic oxidation sites excluding steroid dienone is 1. The van der Waals surface area contributed by atoms with Gasteiger partial charge in [0.25, 0.3) is 0 Å². The number of hydrogen-bond acceptors (Lipinski definition) is 3. The first kappa shape index (κ1) is 13.1. The van der Waals surface area contributed by atoms with E-state index in [1.165, 1.54) is 37.8 Å². The second-order valence-corrected chi connectivity index (χ2v) is 6.62. The van der Waals surface area contributed by atoms with Gasteiger partial charge in [-0.25, -0.2) is 4.99 Å². The van der Waals surface area contributed by atoms with E-state index in [2.05, 4.69) is 48.0 Å². The molecule has 0 aliphatic carbocycles. The number of fused-ring (bicyclic) bond motifs is 3. The van der Waals surface area contributed by atoms with Gasteiger partial charge < -0.3 is 10.2 Å². The number of benzene rings is 1. The average molecular weight is 281 g/mol. The minimum atomic E-state index is 0.556. The quantitative estimate of drug-likeness (QED) is 0.848. The third-order valence-corrected chi connectivity index (χ3v) is 5.19. The minimum absolute atomic E-state index is 0.556. The molecule has 0 spiro atoms. The van der Waals surface area contributed by atoms with E-state index in [4.69, 9.17) is 4.99 Å². The van der Waals surface area contributed by atoms with Crippen LogP contribution in [0.3, 0.4) is 0 Å².